The molecule has 6 bridgehead atoms. The van der Waals surface area contributed by atoms with Gasteiger partial charge in [-0.2, -0.15) is 0 Å². The molecule has 66 heavy (non-hydrogen) atoms. The number of cyclic esters (lactones) is 1. The van der Waals surface area contributed by atoms with Gasteiger partial charge in [0.05, 0.1) is 48.0 Å². The van der Waals surface area contributed by atoms with Crippen LogP contribution in [0.4, 0.5) is 5.69 Å². The number of likely N-dealkylation sites (tertiary alicyclic amines) is 1. The van der Waals surface area contributed by atoms with Gasteiger partial charge in [0.25, 0.3) is 5.91 Å². The fraction of sp³-hybridized carbons (Fsp3) is 0.571. The van der Waals surface area contributed by atoms with Crippen LogP contribution in [0, 0.1) is 17.3 Å². The molecule has 0 saturated carbocycles. The molecule has 0 radical (unpaired) electrons. The first-order chi connectivity index (χ1) is 31.4. The summed E-state index contributed by atoms with van der Waals surface area (Å²) in [4.78, 5) is 84.3. The van der Waals surface area contributed by atoms with Gasteiger partial charge in [0.2, 0.25) is 17.7 Å². The first-order valence-electron chi connectivity index (χ1n) is 23.3. The Labute approximate surface area is 387 Å². The molecule has 6 atom stereocenters. The van der Waals surface area contributed by atoms with Crippen molar-refractivity contribution in [1.29, 1.82) is 0 Å². The number of anilines is 1. The zero-order valence-electron chi connectivity index (χ0n) is 39.7. The van der Waals surface area contributed by atoms with Gasteiger partial charge < -0.3 is 39.2 Å². The van der Waals surface area contributed by atoms with Crippen molar-refractivity contribution < 1.29 is 38.6 Å². The molecule has 3 N–H and O–H groups in total. The van der Waals surface area contributed by atoms with Crippen molar-refractivity contribution in [3.63, 3.8) is 0 Å². The van der Waals surface area contributed by atoms with E-state index in [9.17, 15) is 29.1 Å². The summed E-state index contributed by atoms with van der Waals surface area (Å²) in [6.45, 7) is 17.7. The molecule has 17 nitrogen and oxygen atoms in total. The number of esters is 1. The molecule has 17 heteroatoms. The Morgan fingerprint density at radius 2 is 1.92 bits per heavy atom. The Kier molecular flexibility index (Phi) is 14.7. The third kappa shape index (κ3) is 10.0. The number of aliphatic hydroxyl groups excluding tert-OH is 1. The molecule has 4 aliphatic rings. The maximum absolute atomic E-state index is 14.7. The highest BCUT2D eigenvalue weighted by Gasteiger charge is 2.41. The number of likely N-dealkylation sites (N-methyl/N-ethyl adjacent to an activating group) is 1. The molecule has 3 aromatic rings. The Bertz CT molecular complexity index is 2380. The minimum atomic E-state index is -1.13. The Balaban J connectivity index is 1.27. The van der Waals surface area contributed by atoms with Gasteiger partial charge in [0.1, 0.15) is 23.8 Å². The van der Waals surface area contributed by atoms with E-state index < -0.39 is 53.3 Å². The molecule has 3 aromatic heterocycles. The van der Waals surface area contributed by atoms with E-state index in [1.807, 2.05) is 37.9 Å². The fourth-order valence-corrected chi connectivity index (χ4v) is 10.1. The van der Waals surface area contributed by atoms with Gasteiger partial charge in [-0.1, -0.05) is 40.3 Å². The van der Waals surface area contributed by atoms with Crippen LogP contribution in [0.3, 0.4) is 0 Å². The van der Waals surface area contributed by atoms with Crippen LogP contribution >= 0.6 is 0 Å². The third-order valence-corrected chi connectivity index (χ3v) is 13.5. The lowest BCUT2D eigenvalue weighted by molar-refractivity contribution is -0.155. The van der Waals surface area contributed by atoms with Gasteiger partial charge in [-0.15, -0.1) is 0 Å². The normalized spacial score (nSPS) is 23.5. The van der Waals surface area contributed by atoms with Gasteiger partial charge in [-0.3, -0.25) is 34.0 Å². The molecule has 4 aliphatic heterocycles. The number of hydrogen-bond donors (Lipinski definition) is 3. The molecule has 0 aromatic carbocycles. The fourth-order valence-electron chi connectivity index (χ4n) is 10.1. The number of hydrogen-bond acceptors (Lipinski definition) is 12. The molecule has 0 aliphatic carbocycles. The number of nitrogens with one attached hydrogen (secondary N) is 2. The van der Waals surface area contributed by atoms with Gasteiger partial charge in [-0.05, 0) is 87.3 Å². The summed E-state index contributed by atoms with van der Waals surface area (Å²) < 4.78 is 14.1. The number of amides is 4. The van der Waals surface area contributed by atoms with Gasteiger partial charge in [0.15, 0.2) is 0 Å². The number of ether oxygens (including phenoxy) is 2. The number of aryl methyl sites for hydroxylation is 1. The number of nitrogens with zero attached hydrogens (tertiary/aromatic N) is 7. The summed E-state index contributed by atoms with van der Waals surface area (Å²) in [6, 6.07) is 3.18. The van der Waals surface area contributed by atoms with E-state index in [4.69, 9.17) is 19.4 Å². The van der Waals surface area contributed by atoms with Crippen molar-refractivity contribution >= 4 is 46.3 Å². The number of aliphatic hydroxyl groups is 1. The van der Waals surface area contributed by atoms with Crippen molar-refractivity contribution in [2.24, 2.45) is 17.3 Å². The second kappa shape index (κ2) is 20.1. The highest BCUT2D eigenvalue weighted by molar-refractivity contribution is 5.94. The largest absolute Gasteiger partial charge is 0.464 e. The first-order valence-corrected chi connectivity index (χ1v) is 23.3. The maximum Gasteiger partial charge on any atom is 0.324 e. The quantitative estimate of drug-likeness (QED) is 0.151. The van der Waals surface area contributed by atoms with Gasteiger partial charge in [0, 0.05) is 76.0 Å². The number of fused-ring (bicyclic) bond motifs is 6. The summed E-state index contributed by atoms with van der Waals surface area (Å²) in [5.74, 6) is -2.81. The highest BCUT2D eigenvalue weighted by atomic mass is 16.5. The van der Waals surface area contributed by atoms with Crippen LogP contribution in [0.15, 0.2) is 54.9 Å². The van der Waals surface area contributed by atoms with Crippen molar-refractivity contribution in [2.75, 3.05) is 58.4 Å². The van der Waals surface area contributed by atoms with E-state index in [-0.39, 0.29) is 56.5 Å². The van der Waals surface area contributed by atoms with Gasteiger partial charge >= 0.3 is 5.97 Å². The van der Waals surface area contributed by atoms with E-state index in [1.54, 1.807) is 31.3 Å². The lowest BCUT2D eigenvalue weighted by Crippen LogP contribution is -2.62. The molecular formula is C49H67N9O8. The van der Waals surface area contributed by atoms with Crippen LogP contribution in [0.25, 0.3) is 22.3 Å². The minimum absolute atomic E-state index is 0.0437. The molecule has 356 valence electrons. The Morgan fingerprint density at radius 3 is 2.64 bits per heavy atom. The predicted molar refractivity (Wildman–Crippen MR) is 250 cm³/mol. The number of pyridine rings is 2. The lowest BCUT2D eigenvalue weighted by Gasteiger charge is -2.38. The standard InChI is InChI=1S/C49H67N9O8/c1-10-40(60)55-19-16-32(26-55)46(62)54(8)42(29(3)4)45(61)52-39-21-31-20-34(59)27-56(25-31)33-22-36-37(23-49(6,7)28-66-48(64)38-15-13-18-58(53-38)47(39)63)43(57(11-2)44(36)51-24-33)35-14-12-17-50-41(35)30(5)65-9/h10,12,14,17,20,22,24,29-30,32,34,38-39,42,53,59H,1,11,13,15-16,18-19,21,23,25-28H2,2-9H3,(H,52,61)/t30-,32-,34?,38-,39-,42?/m0/s1. The van der Waals surface area contributed by atoms with Crippen LogP contribution in [0.5, 0.6) is 0 Å². The molecule has 4 amide bonds. The minimum Gasteiger partial charge on any atom is -0.464 e. The van der Waals surface area contributed by atoms with Crippen LogP contribution in [0.1, 0.15) is 84.6 Å². The average molecular weight is 910 g/mol. The van der Waals surface area contributed by atoms with Crippen LogP contribution in [0.2, 0.25) is 0 Å². The topological polar surface area (TPSA) is 192 Å². The molecule has 2 fully saturated rings. The summed E-state index contributed by atoms with van der Waals surface area (Å²) in [5.41, 5.74) is 8.51. The molecule has 2 saturated heterocycles. The van der Waals surface area contributed by atoms with Crippen LogP contribution < -0.4 is 15.6 Å². The highest BCUT2D eigenvalue weighted by Crippen LogP contribution is 2.41. The van der Waals surface area contributed by atoms with Crippen molar-refractivity contribution in [3.8, 4) is 11.3 Å². The summed E-state index contributed by atoms with van der Waals surface area (Å²) in [6.07, 6.45) is 7.32. The van der Waals surface area contributed by atoms with Gasteiger partial charge in [-0.25, -0.2) is 10.4 Å². The molecule has 7 rings (SSSR count). The average Bonchev–Trinajstić information content (AvgIpc) is 3.92. The van der Waals surface area contributed by atoms with Crippen LogP contribution in [-0.4, -0.2) is 142 Å². The summed E-state index contributed by atoms with van der Waals surface area (Å²) in [7, 11) is 3.25. The van der Waals surface area contributed by atoms with E-state index in [0.717, 1.165) is 39.2 Å². The zero-order valence-corrected chi connectivity index (χ0v) is 39.7. The number of methoxy groups -OCH3 is 1. The SMILES string of the molecule is C=CC(=O)N1CC[C@H](C(=O)N(C)C(C(=O)N[C@H]2CC3=CC(O)CN(C3)c3cnc4c(c3)c(c(-c3cccnc3[C@H](C)OC)n4CC)CC(C)(C)COC(=O)[C@@H]3CCCN(N3)C2=O)C(C)C)C1. The summed E-state index contributed by atoms with van der Waals surface area (Å²) in [5, 5.41) is 16.8. The monoisotopic (exact) mass is 910 g/mol. The number of aromatic nitrogens is 3. The zero-order chi connectivity index (χ0) is 47.6. The molecular weight excluding hydrogens is 843 g/mol. The molecule has 0 spiro atoms. The number of carbonyl (C=O) groups is 5. The number of carbonyl (C=O) groups excluding carboxylic acids is 5. The van der Waals surface area contributed by atoms with E-state index in [0.29, 0.717) is 50.9 Å². The van der Waals surface area contributed by atoms with Crippen molar-refractivity contribution in [3.05, 3.63) is 66.2 Å². The smallest absolute Gasteiger partial charge is 0.324 e. The second-order valence-corrected chi connectivity index (χ2v) is 19.4. The van der Waals surface area contributed by atoms with E-state index in [1.165, 1.54) is 16.0 Å². The molecule has 7 heterocycles. The summed E-state index contributed by atoms with van der Waals surface area (Å²) >= 11 is 0. The second-order valence-electron chi connectivity index (χ2n) is 19.4. The Hall–Kier alpha value is -5.65. The van der Waals surface area contributed by atoms with Crippen LogP contribution in [-0.2, 0) is 46.4 Å². The first kappa shape index (κ1) is 48.3. The van der Waals surface area contributed by atoms with E-state index in [2.05, 4.69) is 54.8 Å². The maximum atomic E-state index is 14.7. The lowest BCUT2D eigenvalue weighted by atomic mass is 9.84. The van der Waals surface area contributed by atoms with E-state index >= 15 is 0 Å². The number of rotatable bonds is 10. The Morgan fingerprint density at radius 1 is 1.15 bits per heavy atom. The predicted octanol–water partition coefficient (Wildman–Crippen LogP) is 3.95. The molecule has 2 unspecified atom stereocenters. The third-order valence-electron chi connectivity index (χ3n) is 13.5. The van der Waals surface area contributed by atoms with Crippen molar-refractivity contribution in [1.82, 2.24) is 40.1 Å². The van der Waals surface area contributed by atoms with Crippen molar-refractivity contribution in [2.45, 2.75) is 111 Å². The number of hydrazine groups is 1.